The lowest BCUT2D eigenvalue weighted by molar-refractivity contribution is -0.138. The summed E-state index contributed by atoms with van der Waals surface area (Å²) in [6.07, 6.45) is 2.67. The molecule has 0 N–H and O–H groups in total. The molecule has 5 nitrogen and oxygen atoms in total. The van der Waals surface area contributed by atoms with Gasteiger partial charge in [0.2, 0.25) is 5.75 Å². The second-order valence-electron chi connectivity index (χ2n) is 3.68. The van der Waals surface area contributed by atoms with Gasteiger partial charge in [0, 0.05) is 11.6 Å². The molecule has 1 aromatic carbocycles. The van der Waals surface area contributed by atoms with Crippen LogP contribution in [0.15, 0.2) is 24.3 Å². The van der Waals surface area contributed by atoms with Crippen LogP contribution in [-0.4, -0.2) is 27.3 Å². The van der Waals surface area contributed by atoms with Gasteiger partial charge >= 0.3 is 5.97 Å². The smallest absolute Gasteiger partial charge is 0.331 e. The van der Waals surface area contributed by atoms with E-state index in [0.29, 0.717) is 17.2 Å². The first-order valence-electron chi connectivity index (χ1n) is 5.38. The molecule has 0 aliphatic carbocycles. The molecule has 0 saturated carbocycles. The molecule has 1 atom stereocenters. The van der Waals surface area contributed by atoms with Gasteiger partial charge in [-0.2, -0.15) is 0 Å². The fraction of sp³-hybridized carbons (Fsp3) is 0.308. The van der Waals surface area contributed by atoms with Crippen molar-refractivity contribution in [2.24, 2.45) is 0 Å². The first-order chi connectivity index (χ1) is 8.69. The molecule has 1 unspecified atom stereocenters. The average Bonchev–Trinajstić information content (AvgIpc) is 2.83. The molecular weight excluding hydrogens is 236 g/mol. The summed E-state index contributed by atoms with van der Waals surface area (Å²) in [6, 6.07) is 3.52. The maximum absolute atomic E-state index is 11.1. The average molecular weight is 250 g/mol. The standard InChI is InChI=1S/C13H14O5/c1-15-10-6-8(9-4-5-12(14)18-9)7-11(16-2)13(10)17-3/h4-7,9H,1-3H3. The van der Waals surface area contributed by atoms with Crippen LogP contribution in [0.1, 0.15) is 11.7 Å². The van der Waals surface area contributed by atoms with E-state index < -0.39 is 6.10 Å². The van der Waals surface area contributed by atoms with Gasteiger partial charge in [0.1, 0.15) is 6.10 Å². The Kier molecular flexibility index (Phi) is 3.41. The lowest BCUT2D eigenvalue weighted by atomic mass is 10.1. The van der Waals surface area contributed by atoms with E-state index in [1.807, 2.05) is 0 Å². The van der Waals surface area contributed by atoms with Crippen LogP contribution in [0.2, 0.25) is 0 Å². The number of carbonyl (C=O) groups is 1. The van der Waals surface area contributed by atoms with Gasteiger partial charge < -0.3 is 18.9 Å². The second kappa shape index (κ2) is 5.00. The zero-order valence-corrected chi connectivity index (χ0v) is 10.4. The van der Waals surface area contributed by atoms with E-state index in [2.05, 4.69) is 0 Å². The highest BCUT2D eigenvalue weighted by atomic mass is 16.5. The van der Waals surface area contributed by atoms with Crippen molar-refractivity contribution >= 4 is 5.97 Å². The molecule has 1 aromatic rings. The molecule has 2 rings (SSSR count). The molecule has 1 aliphatic rings. The molecule has 0 radical (unpaired) electrons. The Hall–Kier alpha value is -2.17. The van der Waals surface area contributed by atoms with E-state index in [4.69, 9.17) is 18.9 Å². The molecule has 0 saturated heterocycles. The third-order valence-corrected chi connectivity index (χ3v) is 2.67. The summed E-state index contributed by atoms with van der Waals surface area (Å²) in [4.78, 5) is 11.1. The molecule has 0 amide bonds. The first kappa shape index (κ1) is 12.3. The minimum absolute atomic E-state index is 0.353. The number of ether oxygens (including phenoxy) is 4. The predicted octanol–water partition coefficient (Wildman–Crippen LogP) is 1.87. The fourth-order valence-electron chi connectivity index (χ4n) is 1.81. The van der Waals surface area contributed by atoms with Crippen LogP contribution in [0.4, 0.5) is 0 Å². The highest BCUT2D eigenvalue weighted by Crippen LogP contribution is 2.41. The third kappa shape index (κ3) is 2.11. The molecule has 1 heterocycles. The quantitative estimate of drug-likeness (QED) is 0.763. The molecule has 5 heteroatoms. The summed E-state index contributed by atoms with van der Waals surface area (Å²) in [6.45, 7) is 0. The van der Waals surface area contributed by atoms with Crippen LogP contribution >= 0.6 is 0 Å². The number of benzene rings is 1. The zero-order chi connectivity index (χ0) is 13.1. The lowest BCUT2D eigenvalue weighted by Crippen LogP contribution is -2.02. The maximum Gasteiger partial charge on any atom is 0.331 e. The van der Waals surface area contributed by atoms with Gasteiger partial charge in [-0.15, -0.1) is 0 Å². The second-order valence-corrected chi connectivity index (χ2v) is 3.68. The van der Waals surface area contributed by atoms with E-state index in [1.165, 1.54) is 27.4 Å². The molecule has 0 spiro atoms. The molecule has 96 valence electrons. The Morgan fingerprint density at radius 2 is 1.67 bits per heavy atom. The van der Waals surface area contributed by atoms with Gasteiger partial charge in [-0.05, 0) is 18.2 Å². The number of hydrogen-bond donors (Lipinski definition) is 0. The van der Waals surface area contributed by atoms with Gasteiger partial charge in [0.25, 0.3) is 0 Å². The van der Waals surface area contributed by atoms with E-state index in [0.717, 1.165) is 5.56 Å². The highest BCUT2D eigenvalue weighted by Gasteiger charge is 2.22. The SMILES string of the molecule is COc1cc(C2C=CC(=O)O2)cc(OC)c1OC. The predicted molar refractivity (Wildman–Crippen MR) is 64.1 cm³/mol. The van der Waals surface area contributed by atoms with Crippen LogP contribution in [0.25, 0.3) is 0 Å². The first-order valence-corrected chi connectivity index (χ1v) is 5.38. The van der Waals surface area contributed by atoms with Crippen LogP contribution in [0.3, 0.4) is 0 Å². The monoisotopic (exact) mass is 250 g/mol. The Bertz CT molecular complexity index is 467. The summed E-state index contributed by atoms with van der Waals surface area (Å²) < 4.78 is 20.8. The number of carbonyl (C=O) groups excluding carboxylic acids is 1. The van der Waals surface area contributed by atoms with Crippen molar-refractivity contribution in [3.8, 4) is 17.2 Å². The highest BCUT2D eigenvalue weighted by molar-refractivity contribution is 5.84. The van der Waals surface area contributed by atoms with Crippen molar-refractivity contribution in [1.82, 2.24) is 0 Å². The Morgan fingerprint density at radius 1 is 1.06 bits per heavy atom. The van der Waals surface area contributed by atoms with E-state index in [1.54, 1.807) is 18.2 Å². The Labute approximate surface area is 105 Å². The van der Waals surface area contributed by atoms with E-state index >= 15 is 0 Å². The van der Waals surface area contributed by atoms with Gasteiger partial charge in [0.05, 0.1) is 21.3 Å². The zero-order valence-electron chi connectivity index (χ0n) is 10.4. The Balaban J connectivity index is 2.43. The van der Waals surface area contributed by atoms with Gasteiger partial charge in [0.15, 0.2) is 11.5 Å². The van der Waals surface area contributed by atoms with Gasteiger partial charge in [-0.1, -0.05) is 0 Å². The number of cyclic esters (lactones) is 1. The summed E-state index contributed by atoms with van der Waals surface area (Å²) in [7, 11) is 4.62. The molecule has 1 aliphatic heterocycles. The minimum atomic E-state index is -0.411. The van der Waals surface area contributed by atoms with Crippen LogP contribution < -0.4 is 14.2 Å². The number of hydrogen-bond acceptors (Lipinski definition) is 5. The van der Waals surface area contributed by atoms with Gasteiger partial charge in [-0.3, -0.25) is 0 Å². The van der Waals surface area contributed by atoms with E-state index in [9.17, 15) is 4.79 Å². The normalized spacial score (nSPS) is 17.5. The van der Waals surface area contributed by atoms with Crippen molar-refractivity contribution in [3.63, 3.8) is 0 Å². The molecular formula is C13H14O5. The number of esters is 1. The minimum Gasteiger partial charge on any atom is -0.493 e. The van der Waals surface area contributed by atoms with Crippen LogP contribution in [0, 0.1) is 0 Å². The van der Waals surface area contributed by atoms with E-state index in [-0.39, 0.29) is 5.97 Å². The Morgan fingerprint density at radius 3 is 2.06 bits per heavy atom. The molecule has 0 bridgehead atoms. The summed E-state index contributed by atoms with van der Waals surface area (Å²) in [5.74, 6) is 1.22. The molecule has 18 heavy (non-hydrogen) atoms. The maximum atomic E-state index is 11.1. The van der Waals surface area contributed by atoms with Crippen LogP contribution in [0.5, 0.6) is 17.2 Å². The summed E-state index contributed by atoms with van der Waals surface area (Å²) >= 11 is 0. The summed E-state index contributed by atoms with van der Waals surface area (Å²) in [5.41, 5.74) is 0.770. The van der Waals surface area contributed by atoms with Crippen LogP contribution in [-0.2, 0) is 9.53 Å². The lowest BCUT2D eigenvalue weighted by Gasteiger charge is -2.16. The molecule has 0 fully saturated rings. The molecule has 0 aromatic heterocycles. The summed E-state index contributed by atoms with van der Waals surface area (Å²) in [5, 5.41) is 0. The number of rotatable bonds is 4. The van der Waals surface area contributed by atoms with Crippen molar-refractivity contribution in [2.45, 2.75) is 6.10 Å². The van der Waals surface area contributed by atoms with Crippen molar-refractivity contribution in [1.29, 1.82) is 0 Å². The van der Waals surface area contributed by atoms with Crippen molar-refractivity contribution in [2.75, 3.05) is 21.3 Å². The fourth-order valence-corrected chi connectivity index (χ4v) is 1.81. The largest absolute Gasteiger partial charge is 0.493 e. The van der Waals surface area contributed by atoms with Gasteiger partial charge in [-0.25, -0.2) is 4.79 Å². The van der Waals surface area contributed by atoms with Crippen molar-refractivity contribution < 1.29 is 23.7 Å². The topological polar surface area (TPSA) is 54.0 Å². The van der Waals surface area contributed by atoms with Crippen molar-refractivity contribution in [3.05, 3.63) is 29.8 Å². The third-order valence-electron chi connectivity index (χ3n) is 2.67. The number of methoxy groups -OCH3 is 3.